The fourth-order valence-corrected chi connectivity index (χ4v) is 3.64. The fraction of sp³-hybridized carbons (Fsp3) is 0.0526. The lowest BCUT2D eigenvalue weighted by atomic mass is 10.1. The zero-order valence-electron chi connectivity index (χ0n) is 13.0. The van der Waals surface area contributed by atoms with E-state index >= 15 is 0 Å². The minimum Gasteiger partial charge on any atom is -0.478 e. The third-order valence-corrected chi connectivity index (χ3v) is 5.27. The van der Waals surface area contributed by atoms with E-state index in [1.807, 2.05) is 30.3 Å². The first kappa shape index (κ1) is 17.4. The maximum absolute atomic E-state index is 12.3. The van der Waals surface area contributed by atoms with E-state index in [4.69, 9.17) is 0 Å². The van der Waals surface area contributed by atoms with Gasteiger partial charge in [-0.05, 0) is 23.8 Å². The van der Waals surface area contributed by atoms with Crippen LogP contribution in [0.15, 0.2) is 65.1 Å². The van der Waals surface area contributed by atoms with Crippen LogP contribution in [-0.2, 0) is 0 Å². The summed E-state index contributed by atoms with van der Waals surface area (Å²) in [7, 11) is 0. The number of hydrogen-bond donors (Lipinski definition) is 2. The van der Waals surface area contributed by atoms with E-state index in [2.05, 4.69) is 21.2 Å². The number of carbonyl (C=O) groups excluding carboxylic acids is 1. The Balaban J connectivity index is 1.79. The Morgan fingerprint density at radius 3 is 2.36 bits per heavy atom. The van der Waals surface area contributed by atoms with Crippen molar-refractivity contribution >= 4 is 44.0 Å². The number of Topliss-reactive ketones (excluding diaryl/α,β-unsaturated/α-hetero) is 1. The first-order valence-electron chi connectivity index (χ1n) is 7.50. The number of carboxylic acid groups (broad SMARTS) is 1. The SMILES string of the molecule is O=C(CNc1sc(-c2ccccc2)cc1C(=O)O)c1ccc(Br)cc1. The molecular weight excluding hydrogens is 402 g/mol. The lowest BCUT2D eigenvalue weighted by molar-refractivity contribution is 0.0698. The van der Waals surface area contributed by atoms with Crippen LogP contribution < -0.4 is 5.32 Å². The Hall–Kier alpha value is -2.44. The predicted molar refractivity (Wildman–Crippen MR) is 104 cm³/mol. The van der Waals surface area contributed by atoms with E-state index in [0.717, 1.165) is 14.9 Å². The summed E-state index contributed by atoms with van der Waals surface area (Å²) in [6.07, 6.45) is 0. The maximum Gasteiger partial charge on any atom is 0.338 e. The molecule has 6 heteroatoms. The molecule has 2 aromatic carbocycles. The van der Waals surface area contributed by atoms with Gasteiger partial charge >= 0.3 is 5.97 Å². The molecule has 0 aliphatic heterocycles. The lowest BCUT2D eigenvalue weighted by Gasteiger charge is -2.05. The second-order valence-electron chi connectivity index (χ2n) is 5.31. The van der Waals surface area contributed by atoms with Crippen molar-refractivity contribution in [3.63, 3.8) is 0 Å². The van der Waals surface area contributed by atoms with Gasteiger partial charge < -0.3 is 10.4 Å². The molecule has 2 N–H and O–H groups in total. The van der Waals surface area contributed by atoms with Gasteiger partial charge in [0.05, 0.1) is 12.1 Å². The van der Waals surface area contributed by atoms with Crippen molar-refractivity contribution in [3.8, 4) is 10.4 Å². The minimum atomic E-state index is -1.02. The summed E-state index contributed by atoms with van der Waals surface area (Å²) >= 11 is 4.66. The van der Waals surface area contributed by atoms with Gasteiger partial charge in [-0.15, -0.1) is 11.3 Å². The molecule has 0 bridgehead atoms. The number of anilines is 1. The summed E-state index contributed by atoms with van der Waals surface area (Å²) in [4.78, 5) is 24.6. The van der Waals surface area contributed by atoms with Crippen molar-refractivity contribution in [2.45, 2.75) is 0 Å². The van der Waals surface area contributed by atoms with Crippen LogP contribution in [-0.4, -0.2) is 23.4 Å². The fourth-order valence-electron chi connectivity index (χ4n) is 2.32. The Bertz CT molecular complexity index is 904. The summed E-state index contributed by atoms with van der Waals surface area (Å²) in [5.74, 6) is -1.12. The number of carbonyl (C=O) groups is 2. The van der Waals surface area contributed by atoms with Crippen LogP contribution in [0.3, 0.4) is 0 Å². The van der Waals surface area contributed by atoms with Gasteiger partial charge in [-0.3, -0.25) is 4.79 Å². The highest BCUT2D eigenvalue weighted by Gasteiger charge is 2.17. The summed E-state index contributed by atoms with van der Waals surface area (Å²) in [5, 5.41) is 12.9. The van der Waals surface area contributed by atoms with Gasteiger partial charge in [0.2, 0.25) is 0 Å². The molecule has 0 radical (unpaired) electrons. The molecule has 0 aliphatic carbocycles. The van der Waals surface area contributed by atoms with E-state index in [0.29, 0.717) is 10.6 Å². The standard InChI is InChI=1S/C19H14BrNO3S/c20-14-8-6-12(7-9-14)16(22)11-21-18-15(19(23)24)10-17(25-18)13-4-2-1-3-5-13/h1-10,21H,11H2,(H,23,24). The monoisotopic (exact) mass is 415 g/mol. The molecule has 1 aromatic heterocycles. The van der Waals surface area contributed by atoms with Crippen LogP contribution in [0, 0.1) is 0 Å². The number of hydrogen-bond acceptors (Lipinski definition) is 4. The number of nitrogens with one attached hydrogen (secondary N) is 1. The van der Waals surface area contributed by atoms with Gasteiger partial charge in [-0.2, -0.15) is 0 Å². The van der Waals surface area contributed by atoms with Crippen molar-refractivity contribution in [1.82, 2.24) is 0 Å². The molecule has 0 spiro atoms. The zero-order chi connectivity index (χ0) is 17.8. The molecule has 3 rings (SSSR count). The molecule has 1 heterocycles. The third-order valence-electron chi connectivity index (χ3n) is 3.60. The van der Waals surface area contributed by atoms with Gasteiger partial charge in [0, 0.05) is 14.9 Å². The Kier molecular flexibility index (Phi) is 5.31. The van der Waals surface area contributed by atoms with Crippen molar-refractivity contribution in [3.05, 3.63) is 76.3 Å². The maximum atomic E-state index is 12.3. The normalized spacial score (nSPS) is 10.4. The molecular formula is C19H14BrNO3S. The molecule has 0 atom stereocenters. The second-order valence-corrected chi connectivity index (χ2v) is 7.28. The summed E-state index contributed by atoms with van der Waals surface area (Å²) in [6.45, 7) is 0.0383. The molecule has 0 saturated carbocycles. The first-order chi connectivity index (χ1) is 12.0. The number of benzene rings is 2. The molecule has 0 aliphatic rings. The quantitative estimate of drug-likeness (QED) is 0.544. The van der Waals surface area contributed by atoms with Crippen molar-refractivity contribution in [2.75, 3.05) is 11.9 Å². The van der Waals surface area contributed by atoms with Crippen LogP contribution in [0.2, 0.25) is 0 Å². The van der Waals surface area contributed by atoms with Crippen molar-refractivity contribution < 1.29 is 14.7 Å². The van der Waals surface area contributed by atoms with Gasteiger partial charge in [0.25, 0.3) is 0 Å². The number of rotatable bonds is 6. The molecule has 126 valence electrons. The highest BCUT2D eigenvalue weighted by molar-refractivity contribution is 9.10. The minimum absolute atomic E-state index is 0.0383. The van der Waals surface area contributed by atoms with Crippen molar-refractivity contribution in [1.29, 1.82) is 0 Å². The van der Waals surface area contributed by atoms with Crippen LogP contribution >= 0.6 is 27.3 Å². The van der Waals surface area contributed by atoms with Crippen LogP contribution in [0.5, 0.6) is 0 Å². The largest absolute Gasteiger partial charge is 0.478 e. The highest BCUT2D eigenvalue weighted by atomic mass is 79.9. The van der Waals surface area contributed by atoms with Gasteiger partial charge in [-0.1, -0.05) is 58.4 Å². The smallest absolute Gasteiger partial charge is 0.338 e. The average Bonchev–Trinajstić information content (AvgIpc) is 3.05. The highest BCUT2D eigenvalue weighted by Crippen LogP contribution is 2.35. The van der Waals surface area contributed by atoms with Gasteiger partial charge in [0.15, 0.2) is 5.78 Å². The number of aromatic carboxylic acids is 1. The molecule has 0 amide bonds. The number of thiophene rings is 1. The van der Waals surface area contributed by atoms with E-state index in [9.17, 15) is 14.7 Å². The summed E-state index contributed by atoms with van der Waals surface area (Å²) in [5.41, 5.74) is 1.70. The van der Waals surface area contributed by atoms with E-state index in [-0.39, 0.29) is 17.9 Å². The molecule has 0 unspecified atom stereocenters. The summed E-state index contributed by atoms with van der Waals surface area (Å²) in [6, 6.07) is 18.3. The Morgan fingerprint density at radius 1 is 1.04 bits per heavy atom. The number of ketones is 1. The van der Waals surface area contributed by atoms with Gasteiger partial charge in [0.1, 0.15) is 5.00 Å². The third kappa shape index (κ3) is 4.15. The lowest BCUT2D eigenvalue weighted by Crippen LogP contribution is -2.14. The molecule has 4 nitrogen and oxygen atoms in total. The van der Waals surface area contributed by atoms with Crippen LogP contribution in [0.1, 0.15) is 20.7 Å². The van der Waals surface area contributed by atoms with Crippen LogP contribution in [0.4, 0.5) is 5.00 Å². The molecule has 25 heavy (non-hydrogen) atoms. The predicted octanol–water partition coefficient (Wildman–Crippen LogP) is 5.17. The second kappa shape index (κ2) is 7.63. The Morgan fingerprint density at radius 2 is 1.72 bits per heavy atom. The van der Waals surface area contributed by atoms with E-state index in [1.54, 1.807) is 30.3 Å². The molecule has 0 saturated heterocycles. The van der Waals surface area contributed by atoms with Gasteiger partial charge in [-0.25, -0.2) is 4.79 Å². The summed E-state index contributed by atoms with van der Waals surface area (Å²) < 4.78 is 0.899. The zero-order valence-corrected chi connectivity index (χ0v) is 15.4. The topological polar surface area (TPSA) is 66.4 Å². The van der Waals surface area contributed by atoms with E-state index in [1.165, 1.54) is 11.3 Å². The van der Waals surface area contributed by atoms with E-state index < -0.39 is 5.97 Å². The Labute approximate surface area is 157 Å². The average molecular weight is 416 g/mol. The number of halogens is 1. The van der Waals surface area contributed by atoms with Crippen molar-refractivity contribution in [2.24, 2.45) is 0 Å². The molecule has 0 fully saturated rings. The molecule has 3 aromatic rings. The first-order valence-corrected chi connectivity index (χ1v) is 9.11. The number of carboxylic acids is 1. The van der Waals surface area contributed by atoms with Crippen LogP contribution in [0.25, 0.3) is 10.4 Å².